The second-order valence-electron chi connectivity index (χ2n) is 4.64. The van der Waals surface area contributed by atoms with Gasteiger partial charge in [0.25, 0.3) is 0 Å². The van der Waals surface area contributed by atoms with Crippen molar-refractivity contribution < 1.29 is 4.74 Å². The molecule has 0 unspecified atom stereocenters. The Balaban J connectivity index is 2.70. The predicted molar refractivity (Wildman–Crippen MR) is 73.9 cm³/mol. The van der Waals surface area contributed by atoms with Crippen LogP contribution in [0.1, 0.15) is 31.4 Å². The van der Waals surface area contributed by atoms with E-state index in [1.807, 2.05) is 6.92 Å². The SMILES string of the molecule is CCOc1ccc(CC)cc1CCCN(C)C. The summed E-state index contributed by atoms with van der Waals surface area (Å²) < 4.78 is 5.68. The minimum absolute atomic E-state index is 0.742. The maximum Gasteiger partial charge on any atom is 0.122 e. The number of rotatable bonds is 7. The molecule has 0 aliphatic heterocycles. The average Bonchev–Trinajstić information content (AvgIpc) is 2.31. The van der Waals surface area contributed by atoms with Gasteiger partial charge in [-0.05, 0) is 64.0 Å². The zero-order valence-corrected chi connectivity index (χ0v) is 11.6. The lowest BCUT2D eigenvalue weighted by molar-refractivity contribution is 0.334. The molecule has 1 aromatic rings. The highest BCUT2D eigenvalue weighted by atomic mass is 16.5. The van der Waals surface area contributed by atoms with Crippen LogP contribution in [-0.2, 0) is 12.8 Å². The molecule has 96 valence electrons. The fourth-order valence-electron chi connectivity index (χ4n) is 1.93. The van der Waals surface area contributed by atoms with E-state index in [4.69, 9.17) is 4.74 Å². The molecule has 0 heterocycles. The number of nitrogens with zero attached hydrogens (tertiary/aromatic N) is 1. The molecule has 17 heavy (non-hydrogen) atoms. The van der Waals surface area contributed by atoms with Crippen LogP contribution in [0.3, 0.4) is 0 Å². The molecule has 0 fully saturated rings. The summed E-state index contributed by atoms with van der Waals surface area (Å²) in [6, 6.07) is 6.58. The van der Waals surface area contributed by atoms with Crippen molar-refractivity contribution in [1.29, 1.82) is 0 Å². The molecular formula is C15H25NO. The molecule has 2 nitrogen and oxygen atoms in total. The van der Waals surface area contributed by atoms with Crippen LogP contribution in [0, 0.1) is 0 Å². The van der Waals surface area contributed by atoms with E-state index in [0.717, 1.165) is 31.7 Å². The molecule has 0 spiro atoms. The maximum atomic E-state index is 5.68. The number of aryl methyl sites for hydroxylation is 2. The molecule has 2 heteroatoms. The molecule has 1 aromatic carbocycles. The fraction of sp³-hybridized carbons (Fsp3) is 0.600. The molecule has 0 aliphatic rings. The van der Waals surface area contributed by atoms with Crippen molar-refractivity contribution in [1.82, 2.24) is 4.90 Å². The molecule has 0 amide bonds. The third-order valence-corrected chi connectivity index (χ3v) is 2.88. The zero-order valence-electron chi connectivity index (χ0n) is 11.6. The maximum absolute atomic E-state index is 5.68. The second-order valence-corrected chi connectivity index (χ2v) is 4.64. The van der Waals surface area contributed by atoms with Gasteiger partial charge in [-0.3, -0.25) is 0 Å². The van der Waals surface area contributed by atoms with Gasteiger partial charge in [0.15, 0.2) is 0 Å². The number of benzene rings is 1. The Kier molecular flexibility index (Phi) is 6.06. The van der Waals surface area contributed by atoms with E-state index >= 15 is 0 Å². The van der Waals surface area contributed by atoms with Gasteiger partial charge in [-0.15, -0.1) is 0 Å². The molecule has 0 saturated heterocycles. The standard InChI is InChI=1S/C15H25NO/c1-5-13-9-10-15(17-6-2)14(12-13)8-7-11-16(3)4/h9-10,12H,5-8,11H2,1-4H3. The summed E-state index contributed by atoms with van der Waals surface area (Å²) in [6.07, 6.45) is 3.37. The summed E-state index contributed by atoms with van der Waals surface area (Å²) in [4.78, 5) is 2.23. The summed E-state index contributed by atoms with van der Waals surface area (Å²) in [7, 11) is 4.23. The molecule has 0 saturated carbocycles. The summed E-state index contributed by atoms with van der Waals surface area (Å²) >= 11 is 0. The van der Waals surface area contributed by atoms with Gasteiger partial charge in [0.05, 0.1) is 6.61 Å². The molecular weight excluding hydrogens is 210 g/mol. The van der Waals surface area contributed by atoms with Crippen molar-refractivity contribution in [2.75, 3.05) is 27.2 Å². The third-order valence-electron chi connectivity index (χ3n) is 2.88. The van der Waals surface area contributed by atoms with E-state index in [-0.39, 0.29) is 0 Å². The van der Waals surface area contributed by atoms with Crippen molar-refractivity contribution in [3.63, 3.8) is 0 Å². The summed E-state index contributed by atoms with van der Waals surface area (Å²) in [5, 5.41) is 0. The largest absolute Gasteiger partial charge is 0.494 e. The molecule has 0 atom stereocenters. The minimum Gasteiger partial charge on any atom is -0.494 e. The Morgan fingerprint density at radius 3 is 2.53 bits per heavy atom. The van der Waals surface area contributed by atoms with Crippen LogP contribution in [0.2, 0.25) is 0 Å². The highest BCUT2D eigenvalue weighted by molar-refractivity contribution is 5.37. The normalized spacial score (nSPS) is 10.9. The summed E-state index contributed by atoms with van der Waals surface area (Å²) in [6.45, 7) is 6.10. The lowest BCUT2D eigenvalue weighted by atomic mass is 10.0. The van der Waals surface area contributed by atoms with Gasteiger partial charge < -0.3 is 9.64 Å². The number of hydrogen-bond donors (Lipinski definition) is 0. The fourth-order valence-corrected chi connectivity index (χ4v) is 1.93. The van der Waals surface area contributed by atoms with Gasteiger partial charge in [0.2, 0.25) is 0 Å². The smallest absolute Gasteiger partial charge is 0.122 e. The summed E-state index contributed by atoms with van der Waals surface area (Å²) in [5.41, 5.74) is 2.75. The lowest BCUT2D eigenvalue weighted by Crippen LogP contribution is -2.13. The van der Waals surface area contributed by atoms with E-state index in [0.29, 0.717) is 0 Å². The molecule has 0 aliphatic carbocycles. The van der Waals surface area contributed by atoms with Crippen LogP contribution in [-0.4, -0.2) is 32.1 Å². The Morgan fingerprint density at radius 1 is 1.18 bits per heavy atom. The zero-order chi connectivity index (χ0) is 12.7. The Labute approximate surface area is 106 Å². The van der Waals surface area contributed by atoms with Crippen LogP contribution in [0.25, 0.3) is 0 Å². The molecule has 0 radical (unpaired) electrons. The first kappa shape index (κ1) is 14.0. The highest BCUT2D eigenvalue weighted by Crippen LogP contribution is 2.22. The van der Waals surface area contributed by atoms with Crippen LogP contribution >= 0.6 is 0 Å². The van der Waals surface area contributed by atoms with Gasteiger partial charge in [0, 0.05) is 0 Å². The number of hydrogen-bond acceptors (Lipinski definition) is 2. The topological polar surface area (TPSA) is 12.5 Å². The molecule has 0 aromatic heterocycles. The monoisotopic (exact) mass is 235 g/mol. The predicted octanol–water partition coefficient (Wildman–Crippen LogP) is 3.14. The second kappa shape index (κ2) is 7.33. The first-order chi connectivity index (χ1) is 8.17. The van der Waals surface area contributed by atoms with Crippen LogP contribution in [0.15, 0.2) is 18.2 Å². The van der Waals surface area contributed by atoms with E-state index < -0.39 is 0 Å². The highest BCUT2D eigenvalue weighted by Gasteiger charge is 2.04. The Bertz CT molecular complexity index is 334. The van der Waals surface area contributed by atoms with Crippen molar-refractivity contribution in [2.45, 2.75) is 33.1 Å². The van der Waals surface area contributed by atoms with Crippen molar-refractivity contribution in [2.24, 2.45) is 0 Å². The van der Waals surface area contributed by atoms with Crippen molar-refractivity contribution >= 4 is 0 Å². The van der Waals surface area contributed by atoms with Crippen molar-refractivity contribution in [3.8, 4) is 5.75 Å². The molecule has 0 bridgehead atoms. The first-order valence-corrected chi connectivity index (χ1v) is 6.56. The van der Waals surface area contributed by atoms with Crippen LogP contribution in [0.5, 0.6) is 5.75 Å². The number of ether oxygens (including phenoxy) is 1. The van der Waals surface area contributed by atoms with Crippen LogP contribution < -0.4 is 4.74 Å². The van der Waals surface area contributed by atoms with E-state index in [9.17, 15) is 0 Å². The van der Waals surface area contributed by atoms with E-state index in [1.165, 1.54) is 17.5 Å². The molecule has 1 rings (SSSR count). The van der Waals surface area contributed by atoms with Crippen LogP contribution in [0.4, 0.5) is 0 Å². The van der Waals surface area contributed by atoms with E-state index in [1.54, 1.807) is 0 Å². The van der Waals surface area contributed by atoms with Gasteiger partial charge in [-0.25, -0.2) is 0 Å². The van der Waals surface area contributed by atoms with Gasteiger partial charge >= 0.3 is 0 Å². The van der Waals surface area contributed by atoms with Crippen molar-refractivity contribution in [3.05, 3.63) is 29.3 Å². The Hall–Kier alpha value is -1.02. The molecule has 0 N–H and O–H groups in total. The van der Waals surface area contributed by atoms with Gasteiger partial charge in [-0.2, -0.15) is 0 Å². The van der Waals surface area contributed by atoms with Gasteiger partial charge in [0.1, 0.15) is 5.75 Å². The summed E-state index contributed by atoms with van der Waals surface area (Å²) in [5.74, 6) is 1.06. The van der Waals surface area contributed by atoms with Gasteiger partial charge in [-0.1, -0.05) is 19.1 Å². The minimum atomic E-state index is 0.742. The average molecular weight is 235 g/mol. The quantitative estimate of drug-likeness (QED) is 0.720. The van der Waals surface area contributed by atoms with E-state index in [2.05, 4.69) is 44.1 Å². The first-order valence-electron chi connectivity index (χ1n) is 6.56. The Morgan fingerprint density at radius 2 is 1.94 bits per heavy atom. The third kappa shape index (κ3) is 4.78. The lowest BCUT2D eigenvalue weighted by Gasteiger charge is -2.13.